The van der Waals surface area contributed by atoms with Gasteiger partial charge in [-0.25, -0.2) is 4.98 Å². The van der Waals surface area contributed by atoms with Crippen LogP contribution in [0.5, 0.6) is 0 Å². The monoisotopic (exact) mass is 288 g/mol. The zero-order valence-corrected chi connectivity index (χ0v) is 11.0. The van der Waals surface area contributed by atoms with Gasteiger partial charge in [0.15, 0.2) is 5.82 Å². The van der Waals surface area contributed by atoms with Crippen LogP contribution in [0.15, 0.2) is 6.33 Å². The summed E-state index contributed by atoms with van der Waals surface area (Å²) in [4.78, 5) is 15.4. The first-order valence-corrected chi connectivity index (χ1v) is 6.51. The summed E-state index contributed by atoms with van der Waals surface area (Å²) < 4.78 is 1.66. The normalized spacial score (nSPS) is 10.4. The van der Waals surface area contributed by atoms with Crippen molar-refractivity contribution < 1.29 is 4.79 Å². The molecule has 0 saturated heterocycles. The molecule has 1 aromatic heterocycles. The van der Waals surface area contributed by atoms with Crippen LogP contribution >= 0.6 is 15.9 Å². The molecule has 1 rings (SSSR count). The minimum absolute atomic E-state index is 0.108. The number of hydrogen-bond donors (Lipinski definition) is 1. The van der Waals surface area contributed by atoms with Gasteiger partial charge >= 0.3 is 0 Å². The zero-order chi connectivity index (χ0) is 11.8. The van der Waals surface area contributed by atoms with E-state index in [0.717, 1.165) is 24.0 Å². The Kier molecular flexibility index (Phi) is 6.07. The Balaban J connectivity index is 2.08. The summed E-state index contributed by atoms with van der Waals surface area (Å²) in [6, 6.07) is 0. The molecule has 5 nitrogen and oxygen atoms in total. The number of unbranched alkanes of at least 4 members (excludes halogenated alkanes) is 1. The van der Waals surface area contributed by atoms with E-state index < -0.39 is 0 Å². The summed E-state index contributed by atoms with van der Waals surface area (Å²) in [5.74, 6) is 0.875. The average molecular weight is 289 g/mol. The van der Waals surface area contributed by atoms with Crippen LogP contribution in [0.25, 0.3) is 0 Å². The van der Waals surface area contributed by atoms with Gasteiger partial charge in [-0.05, 0) is 12.8 Å². The van der Waals surface area contributed by atoms with E-state index in [1.165, 1.54) is 0 Å². The molecular weight excluding hydrogens is 272 g/mol. The van der Waals surface area contributed by atoms with Crippen LogP contribution < -0.4 is 5.32 Å². The third-order valence-electron chi connectivity index (χ3n) is 2.11. The summed E-state index contributed by atoms with van der Waals surface area (Å²) in [7, 11) is 1.83. The Hall–Kier alpha value is -0.910. The summed E-state index contributed by atoms with van der Waals surface area (Å²) >= 11 is 3.33. The number of alkyl halides is 1. The standard InChI is InChI=1S/C10H17BrN4O/c1-15-8-13-9(14-15)5-7-12-10(16)4-2-3-6-11/h8H,2-7H2,1H3,(H,12,16). The summed E-state index contributed by atoms with van der Waals surface area (Å²) in [6.45, 7) is 0.608. The van der Waals surface area contributed by atoms with Gasteiger partial charge in [-0.15, -0.1) is 0 Å². The third-order valence-corrected chi connectivity index (χ3v) is 2.67. The molecule has 0 spiro atoms. The number of nitrogens with zero attached hydrogens (tertiary/aromatic N) is 3. The van der Waals surface area contributed by atoms with Gasteiger partial charge in [0, 0.05) is 31.8 Å². The highest BCUT2D eigenvalue weighted by Gasteiger charge is 2.02. The molecule has 1 heterocycles. The fourth-order valence-corrected chi connectivity index (χ4v) is 1.68. The first-order valence-electron chi connectivity index (χ1n) is 5.39. The lowest BCUT2D eigenvalue weighted by atomic mass is 10.2. The molecule has 0 atom stereocenters. The second-order valence-corrected chi connectivity index (χ2v) is 4.37. The molecule has 0 saturated carbocycles. The number of carbonyl (C=O) groups is 1. The molecule has 0 aliphatic heterocycles. The SMILES string of the molecule is Cn1cnc(CCNC(=O)CCCCBr)n1. The Morgan fingerprint density at radius 2 is 2.38 bits per heavy atom. The Morgan fingerprint density at radius 1 is 1.56 bits per heavy atom. The van der Waals surface area contributed by atoms with Crippen LogP contribution in [0.4, 0.5) is 0 Å². The van der Waals surface area contributed by atoms with Gasteiger partial charge in [-0.2, -0.15) is 5.10 Å². The van der Waals surface area contributed by atoms with Crippen LogP contribution in [0.2, 0.25) is 0 Å². The topological polar surface area (TPSA) is 59.8 Å². The number of aryl methyl sites for hydroxylation is 1. The molecule has 1 amide bonds. The van der Waals surface area contributed by atoms with Crippen molar-refractivity contribution in [2.45, 2.75) is 25.7 Å². The second-order valence-electron chi connectivity index (χ2n) is 3.58. The Morgan fingerprint density at radius 3 is 3.00 bits per heavy atom. The van der Waals surface area contributed by atoms with Gasteiger partial charge in [0.25, 0.3) is 0 Å². The van der Waals surface area contributed by atoms with E-state index in [1.807, 2.05) is 7.05 Å². The van der Waals surface area contributed by atoms with Gasteiger partial charge in [0.1, 0.15) is 6.33 Å². The van der Waals surface area contributed by atoms with Crippen molar-refractivity contribution >= 4 is 21.8 Å². The van der Waals surface area contributed by atoms with Crippen LogP contribution in [0.3, 0.4) is 0 Å². The summed E-state index contributed by atoms with van der Waals surface area (Å²) in [6.07, 6.45) is 4.91. The molecule has 6 heteroatoms. The highest BCUT2D eigenvalue weighted by Crippen LogP contribution is 1.98. The number of amides is 1. The maximum Gasteiger partial charge on any atom is 0.220 e. The predicted molar refractivity (Wildman–Crippen MR) is 65.4 cm³/mol. The third kappa shape index (κ3) is 5.25. The average Bonchev–Trinajstić information content (AvgIpc) is 2.65. The lowest BCUT2D eigenvalue weighted by molar-refractivity contribution is -0.121. The molecule has 0 fully saturated rings. The minimum Gasteiger partial charge on any atom is -0.356 e. The van der Waals surface area contributed by atoms with Crippen molar-refractivity contribution in [2.24, 2.45) is 7.05 Å². The molecule has 0 unspecified atom stereocenters. The van der Waals surface area contributed by atoms with Gasteiger partial charge in [0.2, 0.25) is 5.91 Å². The highest BCUT2D eigenvalue weighted by atomic mass is 79.9. The van der Waals surface area contributed by atoms with Gasteiger partial charge < -0.3 is 5.32 Å². The van der Waals surface area contributed by atoms with Crippen LogP contribution in [-0.2, 0) is 18.3 Å². The molecule has 1 N–H and O–H groups in total. The van der Waals surface area contributed by atoms with Crippen molar-refractivity contribution in [1.82, 2.24) is 20.1 Å². The van der Waals surface area contributed by atoms with Gasteiger partial charge in [-0.1, -0.05) is 15.9 Å². The lowest BCUT2D eigenvalue weighted by Crippen LogP contribution is -2.25. The fraction of sp³-hybridized carbons (Fsp3) is 0.700. The van der Waals surface area contributed by atoms with Gasteiger partial charge in [-0.3, -0.25) is 9.48 Å². The van der Waals surface area contributed by atoms with Crippen molar-refractivity contribution in [3.63, 3.8) is 0 Å². The lowest BCUT2D eigenvalue weighted by Gasteiger charge is -2.02. The molecule has 0 aliphatic carbocycles. The Labute approximate surface area is 104 Å². The Bertz CT molecular complexity index is 326. The molecule has 0 radical (unpaired) electrons. The number of nitrogens with one attached hydrogen (secondary N) is 1. The first kappa shape index (κ1) is 13.2. The van der Waals surface area contributed by atoms with E-state index in [4.69, 9.17) is 0 Å². The van der Waals surface area contributed by atoms with E-state index in [1.54, 1.807) is 11.0 Å². The van der Waals surface area contributed by atoms with Crippen LogP contribution in [0, 0.1) is 0 Å². The van der Waals surface area contributed by atoms with E-state index in [0.29, 0.717) is 19.4 Å². The van der Waals surface area contributed by atoms with E-state index in [-0.39, 0.29) is 5.91 Å². The summed E-state index contributed by atoms with van der Waals surface area (Å²) in [5.41, 5.74) is 0. The molecule has 90 valence electrons. The predicted octanol–water partition coefficient (Wildman–Crippen LogP) is 1.04. The molecule has 1 aromatic rings. The maximum absolute atomic E-state index is 11.3. The molecular formula is C10H17BrN4O. The van der Waals surface area contributed by atoms with Crippen molar-refractivity contribution in [1.29, 1.82) is 0 Å². The number of rotatable bonds is 7. The van der Waals surface area contributed by atoms with Crippen molar-refractivity contribution in [3.05, 3.63) is 12.2 Å². The molecule has 0 aromatic carbocycles. The van der Waals surface area contributed by atoms with Crippen molar-refractivity contribution in [3.8, 4) is 0 Å². The van der Waals surface area contributed by atoms with E-state index >= 15 is 0 Å². The quantitative estimate of drug-likeness (QED) is 0.602. The molecule has 16 heavy (non-hydrogen) atoms. The van der Waals surface area contributed by atoms with Crippen LogP contribution in [-0.4, -0.2) is 32.5 Å². The largest absolute Gasteiger partial charge is 0.356 e. The zero-order valence-electron chi connectivity index (χ0n) is 9.45. The number of carbonyl (C=O) groups excluding carboxylic acids is 1. The molecule has 0 bridgehead atoms. The molecule has 0 aliphatic rings. The fourth-order valence-electron chi connectivity index (χ4n) is 1.28. The van der Waals surface area contributed by atoms with E-state index in [9.17, 15) is 4.79 Å². The first-order chi connectivity index (χ1) is 7.72. The maximum atomic E-state index is 11.3. The summed E-state index contributed by atoms with van der Waals surface area (Å²) in [5, 5.41) is 7.94. The second kappa shape index (κ2) is 7.38. The minimum atomic E-state index is 0.108. The van der Waals surface area contributed by atoms with Crippen LogP contribution in [0.1, 0.15) is 25.1 Å². The number of aromatic nitrogens is 3. The highest BCUT2D eigenvalue weighted by molar-refractivity contribution is 9.09. The van der Waals surface area contributed by atoms with E-state index in [2.05, 4.69) is 31.3 Å². The number of hydrogen-bond acceptors (Lipinski definition) is 3. The smallest absolute Gasteiger partial charge is 0.220 e. The number of halogens is 1. The van der Waals surface area contributed by atoms with Crippen molar-refractivity contribution in [2.75, 3.05) is 11.9 Å². The van der Waals surface area contributed by atoms with Gasteiger partial charge in [0.05, 0.1) is 0 Å².